The van der Waals surface area contributed by atoms with Crippen LogP contribution in [0, 0.1) is 0 Å². The monoisotopic (exact) mass is 231 g/mol. The molecule has 0 aliphatic heterocycles. The number of hydrogen-bond acceptors (Lipinski definition) is 1. The Morgan fingerprint density at radius 1 is 1.21 bits per heavy atom. The smallest absolute Gasteiger partial charge is 0.0595 e. The molecule has 1 N–H and O–H groups in total. The first-order chi connectivity index (χ1) is 6.44. The molecule has 14 heavy (non-hydrogen) atoms. The molecule has 0 aliphatic carbocycles. The largest absolute Gasteiger partial charge is 0.314 e. The first-order valence-electron chi connectivity index (χ1n) is 4.57. The van der Waals surface area contributed by atoms with E-state index in [-0.39, 0.29) is 5.54 Å². The fraction of sp³-hybridized carbons (Fsp3) is 0.455. The molecule has 0 bridgehead atoms. The summed E-state index contributed by atoms with van der Waals surface area (Å²) in [6.07, 6.45) is 0.931. The number of hydrogen-bond donors (Lipinski definition) is 1. The van der Waals surface area contributed by atoms with E-state index >= 15 is 0 Å². The van der Waals surface area contributed by atoms with Crippen LogP contribution in [0.1, 0.15) is 19.4 Å². The Hall–Kier alpha value is -0.240. The van der Waals surface area contributed by atoms with Crippen molar-refractivity contribution in [1.29, 1.82) is 0 Å². The quantitative estimate of drug-likeness (QED) is 0.840. The second-order valence-electron chi connectivity index (χ2n) is 4.06. The van der Waals surface area contributed by atoms with Crippen molar-refractivity contribution in [2.75, 3.05) is 7.05 Å². The molecule has 0 aromatic heterocycles. The zero-order valence-electron chi connectivity index (χ0n) is 8.70. The molecule has 0 amide bonds. The minimum atomic E-state index is 0.0805. The highest BCUT2D eigenvalue weighted by atomic mass is 35.5. The van der Waals surface area contributed by atoms with Crippen LogP contribution in [0.3, 0.4) is 0 Å². The van der Waals surface area contributed by atoms with Gasteiger partial charge in [0.1, 0.15) is 0 Å². The van der Waals surface area contributed by atoms with Crippen molar-refractivity contribution in [3.8, 4) is 0 Å². The number of likely N-dealkylation sites (N-methyl/N-ethyl adjacent to an activating group) is 1. The number of rotatable bonds is 3. The van der Waals surface area contributed by atoms with Crippen molar-refractivity contribution in [2.24, 2.45) is 0 Å². The average Bonchev–Trinajstić information content (AvgIpc) is 2.11. The average molecular weight is 232 g/mol. The van der Waals surface area contributed by atoms with Gasteiger partial charge in [-0.2, -0.15) is 0 Å². The van der Waals surface area contributed by atoms with Crippen molar-refractivity contribution in [3.63, 3.8) is 0 Å². The first kappa shape index (κ1) is 11.8. The molecule has 0 spiro atoms. The van der Waals surface area contributed by atoms with Gasteiger partial charge in [0, 0.05) is 5.54 Å². The van der Waals surface area contributed by atoms with Gasteiger partial charge in [-0.1, -0.05) is 29.3 Å². The second kappa shape index (κ2) is 4.52. The summed E-state index contributed by atoms with van der Waals surface area (Å²) < 4.78 is 0. The third-order valence-electron chi connectivity index (χ3n) is 2.31. The van der Waals surface area contributed by atoms with Crippen molar-refractivity contribution in [2.45, 2.75) is 25.8 Å². The fourth-order valence-electron chi connectivity index (χ4n) is 1.25. The Kier molecular flexibility index (Phi) is 3.82. The number of halogens is 2. The van der Waals surface area contributed by atoms with E-state index in [0.717, 1.165) is 6.42 Å². The van der Waals surface area contributed by atoms with Crippen LogP contribution in [-0.2, 0) is 6.42 Å². The summed E-state index contributed by atoms with van der Waals surface area (Å²) in [5.41, 5.74) is 1.27. The highest BCUT2D eigenvalue weighted by Gasteiger charge is 2.15. The van der Waals surface area contributed by atoms with Gasteiger partial charge in [0.2, 0.25) is 0 Å². The molecule has 1 aromatic rings. The van der Waals surface area contributed by atoms with E-state index in [0.29, 0.717) is 10.0 Å². The van der Waals surface area contributed by atoms with Crippen molar-refractivity contribution in [1.82, 2.24) is 5.32 Å². The highest BCUT2D eigenvalue weighted by Crippen LogP contribution is 2.24. The fourth-order valence-corrected chi connectivity index (χ4v) is 1.57. The lowest BCUT2D eigenvalue weighted by Crippen LogP contribution is -2.38. The summed E-state index contributed by atoms with van der Waals surface area (Å²) in [5.74, 6) is 0. The minimum absolute atomic E-state index is 0.0805. The van der Waals surface area contributed by atoms with Gasteiger partial charge in [0.15, 0.2) is 0 Å². The summed E-state index contributed by atoms with van der Waals surface area (Å²) in [7, 11) is 1.96. The van der Waals surface area contributed by atoms with Gasteiger partial charge < -0.3 is 5.32 Å². The van der Waals surface area contributed by atoms with Crippen molar-refractivity contribution in [3.05, 3.63) is 33.8 Å². The second-order valence-corrected chi connectivity index (χ2v) is 4.87. The summed E-state index contributed by atoms with van der Waals surface area (Å²) in [5, 5.41) is 4.48. The molecule has 0 unspecified atom stereocenters. The Balaban J connectivity index is 2.83. The van der Waals surface area contributed by atoms with Crippen LogP contribution in [-0.4, -0.2) is 12.6 Å². The molecule has 78 valence electrons. The molecular formula is C11H15Cl2N. The van der Waals surface area contributed by atoms with Crippen LogP contribution in [0.5, 0.6) is 0 Å². The van der Waals surface area contributed by atoms with Crippen LogP contribution in [0.25, 0.3) is 0 Å². The Morgan fingerprint density at radius 3 is 2.36 bits per heavy atom. The van der Waals surface area contributed by atoms with E-state index in [1.165, 1.54) is 5.56 Å². The molecule has 0 radical (unpaired) electrons. The van der Waals surface area contributed by atoms with E-state index < -0.39 is 0 Å². The molecule has 1 aromatic carbocycles. The molecule has 0 heterocycles. The maximum Gasteiger partial charge on any atom is 0.0595 e. The lowest BCUT2D eigenvalue weighted by atomic mass is 9.95. The van der Waals surface area contributed by atoms with Crippen LogP contribution in [0.4, 0.5) is 0 Å². The van der Waals surface area contributed by atoms with Gasteiger partial charge in [-0.3, -0.25) is 0 Å². The predicted octanol–water partition coefficient (Wildman–Crippen LogP) is 3.53. The molecule has 0 aliphatic rings. The summed E-state index contributed by atoms with van der Waals surface area (Å²) in [6.45, 7) is 4.30. The van der Waals surface area contributed by atoms with E-state index in [1.54, 1.807) is 0 Å². The van der Waals surface area contributed by atoms with Crippen LogP contribution in [0.2, 0.25) is 10.0 Å². The van der Waals surface area contributed by atoms with Gasteiger partial charge >= 0.3 is 0 Å². The predicted molar refractivity (Wildman–Crippen MR) is 63.3 cm³/mol. The van der Waals surface area contributed by atoms with E-state index in [9.17, 15) is 0 Å². The van der Waals surface area contributed by atoms with Gasteiger partial charge in [-0.25, -0.2) is 0 Å². The van der Waals surface area contributed by atoms with Gasteiger partial charge in [0.25, 0.3) is 0 Å². The number of benzene rings is 1. The van der Waals surface area contributed by atoms with E-state index in [1.807, 2.05) is 25.2 Å². The molecule has 0 atom stereocenters. The highest BCUT2D eigenvalue weighted by molar-refractivity contribution is 6.42. The molecule has 0 saturated carbocycles. The SMILES string of the molecule is CNC(C)(C)Cc1ccc(Cl)c(Cl)c1. The maximum atomic E-state index is 5.93. The number of nitrogens with one attached hydrogen (secondary N) is 1. The maximum absolute atomic E-state index is 5.93. The minimum Gasteiger partial charge on any atom is -0.314 e. The van der Waals surface area contributed by atoms with Gasteiger partial charge in [-0.05, 0) is 45.0 Å². The third kappa shape index (κ3) is 3.16. The normalized spacial score (nSPS) is 11.8. The Bertz CT molecular complexity index is 321. The van der Waals surface area contributed by atoms with Crippen LogP contribution < -0.4 is 5.32 Å². The zero-order chi connectivity index (χ0) is 10.8. The van der Waals surface area contributed by atoms with E-state index in [2.05, 4.69) is 19.2 Å². The Labute approximate surface area is 95.4 Å². The van der Waals surface area contributed by atoms with Crippen molar-refractivity contribution < 1.29 is 0 Å². The lowest BCUT2D eigenvalue weighted by molar-refractivity contribution is 0.422. The standard InChI is InChI=1S/C11H15Cl2N/c1-11(2,14-3)7-8-4-5-9(12)10(13)6-8/h4-6,14H,7H2,1-3H3. The summed E-state index contributed by atoms with van der Waals surface area (Å²) in [6, 6.07) is 5.77. The van der Waals surface area contributed by atoms with Gasteiger partial charge in [-0.15, -0.1) is 0 Å². The molecule has 0 fully saturated rings. The molecule has 1 nitrogen and oxygen atoms in total. The topological polar surface area (TPSA) is 12.0 Å². The molecule has 0 saturated heterocycles. The van der Waals surface area contributed by atoms with Gasteiger partial charge in [0.05, 0.1) is 10.0 Å². The van der Waals surface area contributed by atoms with Crippen LogP contribution in [0.15, 0.2) is 18.2 Å². The zero-order valence-corrected chi connectivity index (χ0v) is 10.2. The summed E-state index contributed by atoms with van der Waals surface area (Å²) in [4.78, 5) is 0. The molecule has 1 rings (SSSR count). The molecule has 3 heteroatoms. The third-order valence-corrected chi connectivity index (χ3v) is 3.05. The first-order valence-corrected chi connectivity index (χ1v) is 5.33. The lowest BCUT2D eigenvalue weighted by Gasteiger charge is -2.24. The van der Waals surface area contributed by atoms with Crippen molar-refractivity contribution >= 4 is 23.2 Å². The van der Waals surface area contributed by atoms with Crippen LogP contribution >= 0.6 is 23.2 Å². The summed E-state index contributed by atoms with van der Waals surface area (Å²) >= 11 is 11.8. The Morgan fingerprint density at radius 2 is 1.86 bits per heavy atom. The van der Waals surface area contributed by atoms with E-state index in [4.69, 9.17) is 23.2 Å². The molecular weight excluding hydrogens is 217 g/mol.